The van der Waals surface area contributed by atoms with Gasteiger partial charge < -0.3 is 14.2 Å². The quantitative estimate of drug-likeness (QED) is 0.696. The normalized spacial score (nSPS) is 19.8. The third-order valence-corrected chi connectivity index (χ3v) is 5.74. The number of hydrogen-bond donors (Lipinski definition) is 0. The maximum atomic E-state index is 12.3. The van der Waals surface area contributed by atoms with Crippen molar-refractivity contribution in [2.45, 2.75) is 31.8 Å². The first-order chi connectivity index (χ1) is 13.2. The zero-order valence-corrected chi connectivity index (χ0v) is 15.5. The fourth-order valence-electron chi connectivity index (χ4n) is 4.29. The average molecular weight is 361 g/mol. The Morgan fingerprint density at radius 1 is 1.15 bits per heavy atom. The van der Waals surface area contributed by atoms with Gasteiger partial charge in [-0.3, -0.25) is 4.79 Å². The molecule has 0 bridgehead atoms. The molecule has 5 rings (SSSR count). The van der Waals surface area contributed by atoms with Crippen LogP contribution in [-0.4, -0.2) is 40.1 Å². The largest absolute Gasteiger partial charge is 0.496 e. The number of amides is 1. The topological polar surface area (TPSA) is 47.4 Å². The van der Waals surface area contributed by atoms with Gasteiger partial charge in [0.25, 0.3) is 0 Å². The molecule has 1 aliphatic heterocycles. The first-order valence-electron chi connectivity index (χ1n) is 9.61. The van der Waals surface area contributed by atoms with Gasteiger partial charge in [-0.15, -0.1) is 0 Å². The van der Waals surface area contributed by atoms with E-state index in [1.165, 1.54) is 12.8 Å². The Balaban J connectivity index is 1.47. The number of benzene rings is 2. The molecule has 1 atom stereocenters. The Kier molecular flexibility index (Phi) is 3.88. The van der Waals surface area contributed by atoms with Crippen molar-refractivity contribution in [2.75, 3.05) is 13.7 Å². The third-order valence-electron chi connectivity index (χ3n) is 5.74. The molecule has 27 heavy (non-hydrogen) atoms. The van der Waals surface area contributed by atoms with Crippen LogP contribution in [0.15, 0.2) is 48.8 Å². The van der Waals surface area contributed by atoms with Crippen molar-refractivity contribution in [2.24, 2.45) is 5.92 Å². The Labute approximate surface area is 158 Å². The molecule has 2 aromatic carbocycles. The minimum atomic E-state index is 0.319. The van der Waals surface area contributed by atoms with E-state index in [9.17, 15) is 4.79 Å². The number of aromatic nitrogens is 2. The van der Waals surface area contributed by atoms with Gasteiger partial charge in [0.2, 0.25) is 5.91 Å². The van der Waals surface area contributed by atoms with E-state index in [0.717, 1.165) is 41.0 Å². The summed E-state index contributed by atoms with van der Waals surface area (Å²) >= 11 is 0. The molecule has 5 nitrogen and oxygen atoms in total. The van der Waals surface area contributed by atoms with Crippen LogP contribution in [0.4, 0.5) is 0 Å². The lowest BCUT2D eigenvalue weighted by atomic mass is 10.0. The van der Waals surface area contributed by atoms with E-state index < -0.39 is 0 Å². The van der Waals surface area contributed by atoms with Gasteiger partial charge in [-0.1, -0.05) is 24.3 Å². The van der Waals surface area contributed by atoms with Gasteiger partial charge in [0, 0.05) is 54.8 Å². The van der Waals surface area contributed by atoms with E-state index in [4.69, 9.17) is 4.74 Å². The number of ether oxygens (including phenoxy) is 1. The smallest absolute Gasteiger partial charge is 0.223 e. The Bertz CT molecular complexity index is 1010. The van der Waals surface area contributed by atoms with Crippen molar-refractivity contribution < 1.29 is 9.53 Å². The summed E-state index contributed by atoms with van der Waals surface area (Å²) in [7, 11) is 1.70. The number of carbonyl (C=O) groups is 1. The van der Waals surface area contributed by atoms with Gasteiger partial charge in [-0.2, -0.15) is 0 Å². The van der Waals surface area contributed by atoms with Gasteiger partial charge in [0.15, 0.2) is 0 Å². The Morgan fingerprint density at radius 3 is 2.74 bits per heavy atom. The second-order valence-electron chi connectivity index (χ2n) is 7.61. The second-order valence-corrected chi connectivity index (χ2v) is 7.61. The molecule has 2 aliphatic rings. The zero-order valence-electron chi connectivity index (χ0n) is 15.5. The third kappa shape index (κ3) is 2.87. The summed E-state index contributed by atoms with van der Waals surface area (Å²) in [6.07, 6.45) is 6.87. The molecule has 2 heterocycles. The first-order valence-corrected chi connectivity index (χ1v) is 9.61. The average Bonchev–Trinajstić information content (AvgIpc) is 3.33. The molecule has 0 spiro atoms. The number of hydrogen-bond acceptors (Lipinski definition) is 3. The molecule has 0 N–H and O–H groups in total. The summed E-state index contributed by atoms with van der Waals surface area (Å²) < 4.78 is 7.72. The molecule has 1 aliphatic carbocycles. The molecule has 0 radical (unpaired) electrons. The summed E-state index contributed by atoms with van der Waals surface area (Å²) in [6.45, 7) is 1.70. The fraction of sp³-hybridized carbons (Fsp3) is 0.364. The molecule has 2 fully saturated rings. The summed E-state index contributed by atoms with van der Waals surface area (Å²) in [4.78, 5) is 19.0. The van der Waals surface area contributed by atoms with Crippen LogP contribution in [0, 0.1) is 5.92 Å². The Morgan fingerprint density at radius 2 is 1.96 bits per heavy atom. The predicted molar refractivity (Wildman–Crippen MR) is 105 cm³/mol. The molecule has 3 aromatic rings. The highest BCUT2D eigenvalue weighted by atomic mass is 16.5. The van der Waals surface area contributed by atoms with Crippen LogP contribution in [-0.2, 0) is 11.3 Å². The van der Waals surface area contributed by atoms with Gasteiger partial charge in [-0.25, -0.2) is 4.98 Å². The molecule has 5 heteroatoms. The van der Waals surface area contributed by atoms with Crippen LogP contribution in [0.3, 0.4) is 0 Å². The predicted octanol–water partition coefficient (Wildman–Crippen LogP) is 3.72. The van der Waals surface area contributed by atoms with Crippen molar-refractivity contribution in [3.05, 3.63) is 48.8 Å². The van der Waals surface area contributed by atoms with Crippen LogP contribution < -0.4 is 4.74 Å². The number of likely N-dealkylation sites (tertiary alicyclic amines) is 1. The molecule has 1 saturated carbocycles. The lowest BCUT2D eigenvalue weighted by molar-refractivity contribution is -0.128. The van der Waals surface area contributed by atoms with Crippen molar-refractivity contribution in [3.8, 4) is 17.1 Å². The minimum Gasteiger partial charge on any atom is -0.496 e. The summed E-state index contributed by atoms with van der Waals surface area (Å²) in [5.41, 5.74) is 1.10. The maximum absolute atomic E-state index is 12.3. The fourth-order valence-corrected chi connectivity index (χ4v) is 4.29. The van der Waals surface area contributed by atoms with Gasteiger partial charge >= 0.3 is 0 Å². The van der Waals surface area contributed by atoms with Crippen molar-refractivity contribution in [3.63, 3.8) is 0 Å². The van der Waals surface area contributed by atoms with E-state index in [0.29, 0.717) is 24.3 Å². The maximum Gasteiger partial charge on any atom is 0.223 e. The summed E-state index contributed by atoms with van der Waals surface area (Å²) in [6, 6.07) is 12.9. The molecular weight excluding hydrogens is 338 g/mol. The molecule has 1 unspecified atom stereocenters. The van der Waals surface area contributed by atoms with E-state index in [1.807, 2.05) is 30.6 Å². The van der Waals surface area contributed by atoms with E-state index in [1.54, 1.807) is 7.11 Å². The molecule has 1 amide bonds. The van der Waals surface area contributed by atoms with Gasteiger partial charge in [0.1, 0.15) is 11.6 Å². The lowest BCUT2D eigenvalue weighted by Crippen LogP contribution is -2.27. The van der Waals surface area contributed by atoms with Crippen LogP contribution in [0.2, 0.25) is 0 Å². The van der Waals surface area contributed by atoms with E-state index in [-0.39, 0.29) is 0 Å². The number of methoxy groups -OCH3 is 1. The van der Waals surface area contributed by atoms with Crippen LogP contribution in [0.1, 0.15) is 19.3 Å². The highest BCUT2D eigenvalue weighted by molar-refractivity contribution is 5.98. The highest BCUT2D eigenvalue weighted by Gasteiger charge is 2.39. The molecule has 138 valence electrons. The lowest BCUT2D eigenvalue weighted by Gasteiger charge is -2.17. The summed E-state index contributed by atoms with van der Waals surface area (Å²) in [5, 5.41) is 2.22. The highest BCUT2D eigenvalue weighted by Crippen LogP contribution is 2.36. The first kappa shape index (κ1) is 16.4. The van der Waals surface area contributed by atoms with Gasteiger partial charge in [-0.05, 0) is 30.4 Å². The number of rotatable bonds is 5. The van der Waals surface area contributed by atoms with E-state index in [2.05, 4.69) is 32.7 Å². The van der Waals surface area contributed by atoms with Crippen LogP contribution >= 0.6 is 0 Å². The van der Waals surface area contributed by atoms with Gasteiger partial charge in [0.05, 0.1) is 7.11 Å². The SMILES string of the molecule is COc1ccc(-c2nccn2CC2CC(=O)N(C3CC3)C2)c2ccccc12. The number of fused-ring (bicyclic) bond motifs is 1. The van der Waals surface area contributed by atoms with Crippen LogP contribution in [0.5, 0.6) is 5.75 Å². The van der Waals surface area contributed by atoms with E-state index >= 15 is 0 Å². The molecular formula is C22H23N3O2. The van der Waals surface area contributed by atoms with Crippen LogP contribution in [0.25, 0.3) is 22.2 Å². The second kappa shape index (κ2) is 6.41. The Hall–Kier alpha value is -2.82. The van der Waals surface area contributed by atoms with Crippen molar-refractivity contribution in [1.82, 2.24) is 14.5 Å². The standard InChI is InChI=1S/C22H23N3O2/c1-27-20-9-8-19(17-4-2-3-5-18(17)20)22-23-10-11-24(22)13-15-12-21(26)25(14-15)16-6-7-16/h2-5,8-11,15-16H,6-7,12-14H2,1H3. The number of nitrogens with zero attached hydrogens (tertiary/aromatic N) is 3. The number of imidazole rings is 1. The minimum absolute atomic E-state index is 0.319. The molecule has 1 saturated heterocycles. The van der Waals surface area contributed by atoms with Crippen molar-refractivity contribution >= 4 is 16.7 Å². The zero-order chi connectivity index (χ0) is 18.4. The monoisotopic (exact) mass is 361 g/mol. The van der Waals surface area contributed by atoms with Crippen molar-refractivity contribution in [1.29, 1.82) is 0 Å². The molecule has 1 aromatic heterocycles. The summed E-state index contributed by atoms with van der Waals surface area (Å²) in [5.74, 6) is 2.50. The number of carbonyl (C=O) groups excluding carboxylic acids is 1.